The molecule has 7 nitrogen and oxygen atoms in total. The van der Waals surface area contributed by atoms with Crippen molar-refractivity contribution in [1.29, 1.82) is 0 Å². The number of esters is 1. The van der Waals surface area contributed by atoms with Crippen LogP contribution in [-0.4, -0.2) is 52.9 Å². The number of halogens is 1. The third-order valence-electron chi connectivity index (χ3n) is 5.44. The second-order valence-electron chi connectivity index (χ2n) is 9.36. The van der Waals surface area contributed by atoms with E-state index in [0.717, 1.165) is 16.7 Å². The van der Waals surface area contributed by atoms with Gasteiger partial charge in [0.05, 0.1) is 25.3 Å². The quantitative estimate of drug-likeness (QED) is 0.391. The number of rotatable bonds is 8. The Bertz CT molecular complexity index is 1180. The molecule has 0 aliphatic heterocycles. The zero-order valence-electron chi connectivity index (χ0n) is 20.9. The fraction of sp³-hybridized carbons (Fsp3) is 0.321. The summed E-state index contributed by atoms with van der Waals surface area (Å²) in [5.74, 6) is -0.443. The van der Waals surface area contributed by atoms with Crippen molar-refractivity contribution < 1.29 is 24.2 Å². The van der Waals surface area contributed by atoms with Crippen LogP contribution in [0.2, 0.25) is 5.02 Å². The van der Waals surface area contributed by atoms with Crippen LogP contribution < -0.4 is 0 Å². The van der Waals surface area contributed by atoms with Gasteiger partial charge in [0.2, 0.25) is 0 Å². The lowest BCUT2D eigenvalue weighted by Crippen LogP contribution is -2.40. The molecule has 0 unspecified atom stereocenters. The molecule has 0 aliphatic carbocycles. The molecule has 8 heteroatoms. The number of ether oxygens (including phenoxy) is 2. The molecule has 2 aromatic carbocycles. The van der Waals surface area contributed by atoms with Crippen molar-refractivity contribution in [1.82, 2.24) is 9.88 Å². The molecule has 36 heavy (non-hydrogen) atoms. The van der Waals surface area contributed by atoms with Gasteiger partial charge in [-0.25, -0.2) is 9.59 Å². The Labute approximate surface area is 216 Å². The smallest absolute Gasteiger partial charge is 0.410 e. The number of pyridine rings is 1. The largest absolute Gasteiger partial charge is 0.465 e. The molecule has 0 saturated heterocycles. The maximum atomic E-state index is 12.9. The summed E-state index contributed by atoms with van der Waals surface area (Å²) in [6.45, 7) is 5.87. The maximum Gasteiger partial charge on any atom is 0.410 e. The summed E-state index contributed by atoms with van der Waals surface area (Å²) in [6.07, 6.45) is 2.41. The average molecular weight is 511 g/mol. The van der Waals surface area contributed by atoms with Crippen LogP contribution >= 0.6 is 11.6 Å². The van der Waals surface area contributed by atoms with E-state index in [2.05, 4.69) is 4.98 Å². The number of aliphatic hydroxyl groups is 1. The third-order valence-corrected chi connectivity index (χ3v) is 5.75. The summed E-state index contributed by atoms with van der Waals surface area (Å²) >= 11 is 6.40. The van der Waals surface area contributed by atoms with Gasteiger partial charge < -0.3 is 19.5 Å². The first-order valence-electron chi connectivity index (χ1n) is 11.6. The monoisotopic (exact) mass is 510 g/mol. The first-order chi connectivity index (χ1) is 17.1. The molecule has 3 aromatic rings. The number of nitrogens with zero attached hydrogens (tertiary/aromatic N) is 2. The van der Waals surface area contributed by atoms with Crippen LogP contribution in [0.1, 0.15) is 48.4 Å². The molecule has 3 rings (SSSR count). The van der Waals surface area contributed by atoms with Gasteiger partial charge in [0.1, 0.15) is 5.60 Å². The minimum absolute atomic E-state index is 0.0842. The van der Waals surface area contributed by atoms with Gasteiger partial charge in [-0.1, -0.05) is 48.0 Å². The molecule has 0 fully saturated rings. The van der Waals surface area contributed by atoms with Crippen LogP contribution in [0.5, 0.6) is 0 Å². The van der Waals surface area contributed by atoms with Gasteiger partial charge in [0.25, 0.3) is 0 Å². The van der Waals surface area contributed by atoms with Crippen LogP contribution in [0.25, 0.3) is 11.1 Å². The standard InChI is InChI=1S/C28H31ClN2O5/c1-28(2,3)36-27(34)31(18-25(32)22-6-5-14-30-17-22)15-13-19-7-9-20(10-8-19)23-12-11-21(16-24(23)29)26(33)35-4/h5-12,14,16-17,25,32H,13,15,18H2,1-4H3/t25-/m0/s1. The van der Waals surface area contributed by atoms with Gasteiger partial charge in [0.15, 0.2) is 0 Å². The zero-order valence-corrected chi connectivity index (χ0v) is 21.7. The number of methoxy groups -OCH3 is 1. The summed E-state index contributed by atoms with van der Waals surface area (Å²) in [5.41, 5.74) is 3.07. The predicted molar refractivity (Wildman–Crippen MR) is 139 cm³/mol. The number of carbonyl (C=O) groups is 2. The molecular weight excluding hydrogens is 480 g/mol. The predicted octanol–water partition coefficient (Wildman–Crippen LogP) is 5.70. The van der Waals surface area contributed by atoms with E-state index in [1.54, 1.807) is 42.7 Å². The number of hydrogen-bond donors (Lipinski definition) is 1. The number of hydrogen-bond acceptors (Lipinski definition) is 6. The number of aromatic nitrogens is 1. The van der Waals surface area contributed by atoms with Gasteiger partial charge in [-0.2, -0.15) is 0 Å². The summed E-state index contributed by atoms with van der Waals surface area (Å²) in [6, 6.07) is 16.4. The Morgan fingerprint density at radius 2 is 1.83 bits per heavy atom. The lowest BCUT2D eigenvalue weighted by molar-refractivity contribution is 0.0146. The normalized spacial score (nSPS) is 12.1. The first kappa shape index (κ1) is 27.2. The molecule has 0 saturated carbocycles. The Morgan fingerprint density at radius 1 is 1.11 bits per heavy atom. The van der Waals surface area contributed by atoms with Crippen LogP contribution in [0.3, 0.4) is 0 Å². The topological polar surface area (TPSA) is 89.0 Å². The first-order valence-corrected chi connectivity index (χ1v) is 12.0. The number of carbonyl (C=O) groups excluding carboxylic acids is 2. The Kier molecular flexibility index (Phi) is 9.07. The second-order valence-corrected chi connectivity index (χ2v) is 9.77. The van der Waals surface area contributed by atoms with Crippen molar-refractivity contribution in [2.24, 2.45) is 0 Å². The van der Waals surface area contributed by atoms with E-state index in [1.165, 1.54) is 12.0 Å². The highest BCUT2D eigenvalue weighted by Gasteiger charge is 2.24. The van der Waals surface area contributed by atoms with Crippen molar-refractivity contribution in [2.45, 2.75) is 38.9 Å². The molecule has 1 amide bonds. The molecule has 0 bridgehead atoms. The van der Waals surface area contributed by atoms with Crippen molar-refractivity contribution in [3.63, 3.8) is 0 Å². The van der Waals surface area contributed by atoms with Crippen LogP contribution in [0.15, 0.2) is 67.0 Å². The zero-order chi connectivity index (χ0) is 26.3. The summed E-state index contributed by atoms with van der Waals surface area (Å²) < 4.78 is 10.3. The number of aliphatic hydroxyl groups excluding tert-OH is 1. The van der Waals surface area contributed by atoms with Gasteiger partial charge >= 0.3 is 12.1 Å². The summed E-state index contributed by atoms with van der Waals surface area (Å²) in [4.78, 5) is 30.1. The molecule has 1 N–H and O–H groups in total. The Morgan fingerprint density at radius 3 is 2.42 bits per heavy atom. The van der Waals surface area contributed by atoms with Crippen LogP contribution in [-0.2, 0) is 15.9 Å². The van der Waals surface area contributed by atoms with Crippen LogP contribution in [0.4, 0.5) is 4.79 Å². The van der Waals surface area contributed by atoms with E-state index in [0.29, 0.717) is 29.1 Å². The Hall–Kier alpha value is -3.42. The lowest BCUT2D eigenvalue weighted by atomic mass is 10.0. The molecule has 0 spiro atoms. The molecule has 1 aromatic heterocycles. The van der Waals surface area contributed by atoms with Crippen molar-refractivity contribution in [3.05, 3.63) is 88.7 Å². The second kappa shape index (κ2) is 12.0. The molecular formula is C28H31ClN2O5. The van der Waals surface area contributed by atoms with Crippen molar-refractivity contribution >= 4 is 23.7 Å². The average Bonchev–Trinajstić information content (AvgIpc) is 2.85. The molecule has 190 valence electrons. The fourth-order valence-corrected chi connectivity index (χ4v) is 3.87. The highest BCUT2D eigenvalue weighted by Crippen LogP contribution is 2.29. The minimum atomic E-state index is -0.885. The lowest BCUT2D eigenvalue weighted by Gasteiger charge is -2.29. The van der Waals surface area contributed by atoms with E-state index < -0.39 is 23.8 Å². The van der Waals surface area contributed by atoms with E-state index in [9.17, 15) is 14.7 Å². The van der Waals surface area contributed by atoms with E-state index in [1.807, 2.05) is 45.0 Å². The molecule has 1 heterocycles. The maximum absolute atomic E-state index is 12.9. The number of benzene rings is 2. The van der Waals surface area contributed by atoms with E-state index in [4.69, 9.17) is 21.1 Å². The SMILES string of the molecule is COC(=O)c1ccc(-c2ccc(CCN(C[C@H](O)c3cccnc3)C(=O)OC(C)(C)C)cc2)c(Cl)c1. The van der Waals surface area contributed by atoms with Gasteiger partial charge in [-0.3, -0.25) is 4.98 Å². The Balaban J connectivity index is 1.71. The minimum Gasteiger partial charge on any atom is -0.465 e. The van der Waals surface area contributed by atoms with Crippen molar-refractivity contribution in [2.75, 3.05) is 20.2 Å². The molecule has 0 aliphatic rings. The molecule has 0 radical (unpaired) electrons. The summed E-state index contributed by atoms with van der Waals surface area (Å²) in [7, 11) is 1.33. The summed E-state index contributed by atoms with van der Waals surface area (Å²) in [5, 5.41) is 11.1. The highest BCUT2D eigenvalue weighted by atomic mass is 35.5. The van der Waals surface area contributed by atoms with Gasteiger partial charge in [0, 0.05) is 35.1 Å². The number of amides is 1. The third kappa shape index (κ3) is 7.54. The van der Waals surface area contributed by atoms with Gasteiger partial charge in [-0.15, -0.1) is 0 Å². The van der Waals surface area contributed by atoms with E-state index in [-0.39, 0.29) is 6.54 Å². The van der Waals surface area contributed by atoms with Crippen molar-refractivity contribution in [3.8, 4) is 11.1 Å². The van der Waals surface area contributed by atoms with E-state index >= 15 is 0 Å². The van der Waals surface area contributed by atoms with Crippen LogP contribution in [0, 0.1) is 0 Å². The fourth-order valence-electron chi connectivity index (χ4n) is 3.58. The molecule has 1 atom stereocenters. The van der Waals surface area contributed by atoms with Gasteiger partial charge in [-0.05, 0) is 56.5 Å². The highest BCUT2D eigenvalue weighted by molar-refractivity contribution is 6.33.